The van der Waals surface area contributed by atoms with E-state index in [1.54, 1.807) is 0 Å². The first-order chi connectivity index (χ1) is 7.36. The van der Waals surface area contributed by atoms with Gasteiger partial charge in [0.15, 0.2) is 6.29 Å². The first-order valence-corrected chi connectivity index (χ1v) is 5.88. The molecule has 0 radical (unpaired) electrons. The molecule has 1 fully saturated rings. The molecule has 1 saturated heterocycles. The highest BCUT2D eigenvalue weighted by Gasteiger charge is 2.15. The molecule has 0 bridgehead atoms. The van der Waals surface area contributed by atoms with E-state index in [0.29, 0.717) is 25.7 Å². The summed E-state index contributed by atoms with van der Waals surface area (Å²) in [5.74, 6) is 0.661. The zero-order chi connectivity index (χ0) is 10.9. The molecule has 1 unspecified atom stereocenters. The standard InChI is InChI=1S/C11H23NO3/c1-3-14-11(15-4-2)9-13-8-10-5-6-12-7-10/h10-12H,3-9H2,1-2H3. The predicted molar refractivity (Wildman–Crippen MR) is 58.8 cm³/mol. The van der Waals surface area contributed by atoms with Crippen LogP contribution in [0.3, 0.4) is 0 Å². The van der Waals surface area contributed by atoms with E-state index in [1.807, 2.05) is 13.8 Å². The first-order valence-electron chi connectivity index (χ1n) is 5.88. The molecule has 0 amide bonds. The topological polar surface area (TPSA) is 39.7 Å². The van der Waals surface area contributed by atoms with E-state index in [-0.39, 0.29) is 6.29 Å². The summed E-state index contributed by atoms with van der Waals surface area (Å²) in [6.45, 7) is 8.81. The Kier molecular flexibility index (Phi) is 6.92. The predicted octanol–water partition coefficient (Wildman–Crippen LogP) is 1.01. The Morgan fingerprint density at radius 2 is 2.00 bits per heavy atom. The third kappa shape index (κ3) is 5.47. The van der Waals surface area contributed by atoms with Crippen LogP contribution in [0.5, 0.6) is 0 Å². The van der Waals surface area contributed by atoms with Crippen molar-refractivity contribution >= 4 is 0 Å². The molecule has 15 heavy (non-hydrogen) atoms. The quantitative estimate of drug-likeness (QED) is 0.616. The van der Waals surface area contributed by atoms with Gasteiger partial charge in [-0.05, 0) is 32.7 Å². The van der Waals surface area contributed by atoms with E-state index < -0.39 is 0 Å². The largest absolute Gasteiger partial charge is 0.376 e. The molecule has 1 aliphatic rings. The van der Waals surface area contributed by atoms with Crippen LogP contribution in [0.2, 0.25) is 0 Å². The summed E-state index contributed by atoms with van der Waals surface area (Å²) in [4.78, 5) is 0. The maximum absolute atomic E-state index is 5.59. The van der Waals surface area contributed by atoms with Gasteiger partial charge in [-0.2, -0.15) is 0 Å². The zero-order valence-electron chi connectivity index (χ0n) is 9.83. The Bertz CT molecular complexity index is 143. The minimum absolute atomic E-state index is 0.200. The van der Waals surface area contributed by atoms with E-state index in [4.69, 9.17) is 14.2 Å². The van der Waals surface area contributed by atoms with Gasteiger partial charge in [0.2, 0.25) is 0 Å². The molecule has 0 spiro atoms. The molecule has 90 valence electrons. The molecule has 0 aromatic heterocycles. The lowest BCUT2D eigenvalue weighted by atomic mass is 10.1. The summed E-state index contributed by atoms with van der Waals surface area (Å²) in [5.41, 5.74) is 0. The van der Waals surface area contributed by atoms with Crippen LogP contribution in [0.15, 0.2) is 0 Å². The number of rotatable bonds is 8. The number of hydrogen-bond donors (Lipinski definition) is 1. The summed E-state index contributed by atoms with van der Waals surface area (Å²) in [7, 11) is 0. The number of hydrogen-bond acceptors (Lipinski definition) is 4. The van der Waals surface area contributed by atoms with E-state index in [9.17, 15) is 0 Å². The molecule has 1 atom stereocenters. The van der Waals surface area contributed by atoms with Crippen LogP contribution in [0.25, 0.3) is 0 Å². The third-order valence-corrected chi connectivity index (χ3v) is 2.47. The summed E-state index contributed by atoms with van der Waals surface area (Å²) in [6, 6.07) is 0. The van der Waals surface area contributed by atoms with Crippen LogP contribution in [0.4, 0.5) is 0 Å². The molecule has 1 rings (SSSR count). The maximum atomic E-state index is 5.59. The maximum Gasteiger partial charge on any atom is 0.180 e. The van der Waals surface area contributed by atoms with Gasteiger partial charge in [-0.15, -0.1) is 0 Å². The van der Waals surface area contributed by atoms with Gasteiger partial charge in [-0.1, -0.05) is 0 Å². The van der Waals surface area contributed by atoms with Gasteiger partial charge in [0.25, 0.3) is 0 Å². The fraction of sp³-hybridized carbons (Fsp3) is 1.00. The van der Waals surface area contributed by atoms with Gasteiger partial charge >= 0.3 is 0 Å². The normalized spacial score (nSPS) is 21.4. The first kappa shape index (κ1) is 12.9. The van der Waals surface area contributed by atoms with Gasteiger partial charge in [0, 0.05) is 19.8 Å². The summed E-state index contributed by atoms with van der Waals surface area (Å²) in [5, 5.41) is 3.32. The smallest absolute Gasteiger partial charge is 0.180 e. The Hall–Kier alpha value is -0.160. The molecular weight excluding hydrogens is 194 g/mol. The van der Waals surface area contributed by atoms with Crippen molar-refractivity contribution in [2.45, 2.75) is 26.6 Å². The van der Waals surface area contributed by atoms with Crippen molar-refractivity contribution in [2.24, 2.45) is 5.92 Å². The fourth-order valence-electron chi connectivity index (χ4n) is 1.70. The molecule has 1 heterocycles. The van der Waals surface area contributed by atoms with Gasteiger partial charge in [-0.3, -0.25) is 0 Å². The Balaban J connectivity index is 2.04. The molecule has 4 nitrogen and oxygen atoms in total. The molecule has 0 aliphatic carbocycles. The lowest BCUT2D eigenvalue weighted by Gasteiger charge is -2.18. The summed E-state index contributed by atoms with van der Waals surface area (Å²) in [6.07, 6.45) is 1.02. The Morgan fingerprint density at radius 1 is 1.27 bits per heavy atom. The van der Waals surface area contributed by atoms with Crippen LogP contribution in [-0.2, 0) is 14.2 Å². The number of ether oxygens (including phenoxy) is 3. The van der Waals surface area contributed by atoms with Crippen molar-refractivity contribution in [1.82, 2.24) is 5.32 Å². The molecule has 0 saturated carbocycles. The zero-order valence-corrected chi connectivity index (χ0v) is 9.83. The van der Waals surface area contributed by atoms with Crippen molar-refractivity contribution in [3.8, 4) is 0 Å². The second-order valence-corrected chi connectivity index (χ2v) is 3.74. The highest BCUT2D eigenvalue weighted by atomic mass is 16.7. The molecule has 1 N–H and O–H groups in total. The minimum atomic E-state index is -0.200. The summed E-state index contributed by atoms with van der Waals surface area (Å²) < 4.78 is 16.4. The van der Waals surface area contributed by atoms with Gasteiger partial charge in [-0.25, -0.2) is 0 Å². The monoisotopic (exact) mass is 217 g/mol. The van der Waals surface area contributed by atoms with E-state index in [1.165, 1.54) is 6.42 Å². The highest BCUT2D eigenvalue weighted by molar-refractivity contribution is 4.70. The lowest BCUT2D eigenvalue weighted by molar-refractivity contribution is -0.169. The van der Waals surface area contributed by atoms with Crippen molar-refractivity contribution in [2.75, 3.05) is 39.5 Å². The summed E-state index contributed by atoms with van der Waals surface area (Å²) >= 11 is 0. The van der Waals surface area contributed by atoms with Crippen LogP contribution >= 0.6 is 0 Å². The van der Waals surface area contributed by atoms with Gasteiger partial charge in [0.1, 0.15) is 0 Å². The van der Waals surface area contributed by atoms with Crippen molar-refractivity contribution in [3.05, 3.63) is 0 Å². The van der Waals surface area contributed by atoms with Crippen LogP contribution in [0, 0.1) is 5.92 Å². The van der Waals surface area contributed by atoms with Crippen LogP contribution < -0.4 is 5.32 Å². The average molecular weight is 217 g/mol. The van der Waals surface area contributed by atoms with Crippen LogP contribution in [0.1, 0.15) is 20.3 Å². The third-order valence-electron chi connectivity index (χ3n) is 2.47. The second kappa shape index (κ2) is 8.05. The highest BCUT2D eigenvalue weighted by Crippen LogP contribution is 2.08. The van der Waals surface area contributed by atoms with Crippen molar-refractivity contribution in [3.63, 3.8) is 0 Å². The number of nitrogens with one attached hydrogen (secondary N) is 1. The Morgan fingerprint density at radius 3 is 2.53 bits per heavy atom. The van der Waals surface area contributed by atoms with E-state index >= 15 is 0 Å². The molecule has 0 aromatic carbocycles. The molecule has 1 aliphatic heterocycles. The SMILES string of the molecule is CCOC(COCC1CCNC1)OCC. The van der Waals surface area contributed by atoms with Crippen molar-refractivity contribution < 1.29 is 14.2 Å². The average Bonchev–Trinajstić information content (AvgIpc) is 2.71. The Labute approximate surface area is 92.3 Å². The minimum Gasteiger partial charge on any atom is -0.376 e. The van der Waals surface area contributed by atoms with Gasteiger partial charge in [0.05, 0.1) is 13.2 Å². The van der Waals surface area contributed by atoms with E-state index in [0.717, 1.165) is 19.7 Å². The van der Waals surface area contributed by atoms with Crippen molar-refractivity contribution in [1.29, 1.82) is 0 Å². The van der Waals surface area contributed by atoms with Crippen LogP contribution in [-0.4, -0.2) is 45.8 Å². The van der Waals surface area contributed by atoms with Gasteiger partial charge < -0.3 is 19.5 Å². The molecule has 0 aromatic rings. The second-order valence-electron chi connectivity index (χ2n) is 3.74. The fourth-order valence-corrected chi connectivity index (χ4v) is 1.70. The molecular formula is C11H23NO3. The van der Waals surface area contributed by atoms with E-state index in [2.05, 4.69) is 5.32 Å². The molecule has 4 heteroatoms. The lowest BCUT2D eigenvalue weighted by Crippen LogP contribution is -2.25.